The summed E-state index contributed by atoms with van der Waals surface area (Å²) in [5, 5.41) is 12.2. The highest BCUT2D eigenvalue weighted by atomic mass is 32.2. The monoisotopic (exact) mass is 1310 g/mol. The average Bonchev–Trinajstić information content (AvgIpc) is 1.93. The fraction of sp³-hybridized carbons (Fsp3) is 0.883. The topological polar surface area (TPSA) is 263 Å². The molecule has 89 heavy (non-hydrogen) atoms. The van der Waals surface area contributed by atoms with E-state index in [-0.39, 0.29) is 5.41 Å². The molecule has 0 bridgehead atoms. The van der Waals surface area contributed by atoms with Crippen LogP contribution in [0.2, 0.25) is 0 Å². The predicted molar refractivity (Wildman–Crippen MR) is 326 cm³/mol. The van der Waals surface area contributed by atoms with Crippen molar-refractivity contribution < 1.29 is 133 Å². The number of methoxy groups -OCH3 is 1. The zero-order chi connectivity index (χ0) is 63.5. The Morgan fingerprint density at radius 2 is 0.517 bits per heavy atom. The van der Waals surface area contributed by atoms with Crippen molar-refractivity contribution in [2.24, 2.45) is 0 Å². The third-order valence-electron chi connectivity index (χ3n) is 12.5. The first-order valence-corrected chi connectivity index (χ1v) is 31.9. The Balaban J connectivity index is 1.12. The van der Waals surface area contributed by atoms with Crippen LogP contribution in [-0.4, -0.2) is 340 Å². The van der Waals surface area contributed by atoms with Crippen LogP contribution in [0.1, 0.15) is 26.3 Å². The highest BCUT2D eigenvalue weighted by molar-refractivity contribution is 7.94. The van der Waals surface area contributed by atoms with Crippen LogP contribution in [0.5, 0.6) is 0 Å². The van der Waals surface area contributed by atoms with Gasteiger partial charge in [-0.05, 0) is 26.0 Å². The first kappa shape index (κ1) is 83.3. The fourth-order valence-electron chi connectivity index (χ4n) is 7.60. The molecule has 0 atom stereocenters. The molecule has 1 aliphatic rings. The molecular weight excluding hydrogens is 1200 g/mol. The van der Waals surface area contributed by atoms with Gasteiger partial charge < -0.3 is 114 Å². The summed E-state index contributed by atoms with van der Waals surface area (Å²) in [7, 11) is 1.64. The maximum atomic E-state index is 8.48. The SMILES string of the molecule is COCCOCCOCCOCCOCCOCCOCCOCCOCCOCCOCCOCCOCCOCCOCCOCCOCCOCCOCCOCCOCCOCCOCCOCC[N+]1=C(C)C(C)(C)c2cc(SOOO)ccc21. The number of fused-ring (bicyclic) bond motifs is 1. The molecule has 0 saturated carbocycles. The molecule has 0 saturated heterocycles. The van der Waals surface area contributed by atoms with Crippen LogP contribution in [0.25, 0.3) is 0 Å². The maximum absolute atomic E-state index is 8.48. The Labute approximate surface area is 533 Å². The van der Waals surface area contributed by atoms with Crippen LogP contribution >= 0.6 is 12.0 Å². The number of rotatable bonds is 75. The van der Waals surface area contributed by atoms with Crippen LogP contribution < -0.4 is 0 Å². The van der Waals surface area contributed by atoms with Gasteiger partial charge in [-0.1, -0.05) is 5.04 Å². The molecule has 0 aliphatic carbocycles. The summed E-state index contributed by atoms with van der Waals surface area (Å²) in [4.78, 5) is 0.842. The first-order chi connectivity index (χ1) is 44.0. The van der Waals surface area contributed by atoms with Gasteiger partial charge in [0.2, 0.25) is 5.69 Å². The Morgan fingerprint density at radius 1 is 0.315 bits per heavy atom. The molecule has 1 heterocycles. The zero-order valence-corrected chi connectivity index (χ0v) is 54.9. The van der Waals surface area contributed by atoms with Gasteiger partial charge in [0.25, 0.3) is 0 Å². The summed E-state index contributed by atoms with van der Waals surface area (Å²) in [6, 6.07) is 6.04. The number of hydrogen-bond acceptors (Lipinski definition) is 28. The predicted octanol–water partition coefficient (Wildman–Crippen LogP) is 3.54. The van der Waals surface area contributed by atoms with Gasteiger partial charge >= 0.3 is 0 Å². The largest absolute Gasteiger partial charge is 0.382 e. The smallest absolute Gasteiger partial charge is 0.209 e. The molecule has 0 aromatic heterocycles. The lowest BCUT2D eigenvalue weighted by atomic mass is 9.82. The summed E-state index contributed by atoms with van der Waals surface area (Å²) in [5.41, 5.74) is 3.43. The van der Waals surface area contributed by atoms with Crippen molar-refractivity contribution in [2.45, 2.75) is 31.1 Å². The summed E-state index contributed by atoms with van der Waals surface area (Å²) in [6.45, 7) is 30.6. The van der Waals surface area contributed by atoms with Crippen molar-refractivity contribution in [3.8, 4) is 0 Å². The minimum atomic E-state index is -0.141. The van der Waals surface area contributed by atoms with E-state index < -0.39 is 0 Å². The molecule has 2 rings (SSSR count). The lowest BCUT2D eigenvalue weighted by Gasteiger charge is -2.15. The van der Waals surface area contributed by atoms with Crippen LogP contribution in [0.3, 0.4) is 0 Å². The zero-order valence-electron chi connectivity index (χ0n) is 54.1. The van der Waals surface area contributed by atoms with E-state index >= 15 is 0 Å². The second-order valence-electron chi connectivity index (χ2n) is 19.3. The van der Waals surface area contributed by atoms with Gasteiger partial charge in [-0.25, -0.2) is 5.26 Å². The lowest BCUT2D eigenvalue weighted by Crippen LogP contribution is -2.27. The van der Waals surface area contributed by atoms with E-state index in [1.54, 1.807) is 7.11 Å². The van der Waals surface area contributed by atoms with Gasteiger partial charge in [0.15, 0.2) is 12.3 Å². The van der Waals surface area contributed by atoms with Gasteiger partial charge in [-0.2, -0.15) is 4.58 Å². The molecule has 28 nitrogen and oxygen atoms in total. The molecule has 1 aromatic carbocycles. The molecule has 1 N–H and O–H groups in total. The van der Waals surface area contributed by atoms with E-state index in [1.807, 2.05) is 6.07 Å². The third kappa shape index (κ3) is 52.2. The average molecular weight is 1310 g/mol. The highest BCUT2D eigenvalue weighted by Gasteiger charge is 2.43. The molecule has 0 amide bonds. The Morgan fingerprint density at radius 3 is 0.719 bits per heavy atom. The summed E-state index contributed by atoms with van der Waals surface area (Å²) in [5.74, 6) is 0. The van der Waals surface area contributed by atoms with Crippen LogP contribution in [0, 0.1) is 0 Å². The Kier molecular flexibility index (Phi) is 61.9. The number of benzene rings is 1. The highest BCUT2D eigenvalue weighted by Crippen LogP contribution is 2.41. The lowest BCUT2D eigenvalue weighted by molar-refractivity contribution is -0.443. The normalized spacial score (nSPS) is 13.0. The second kappa shape index (κ2) is 66.2. The number of ether oxygens (including phenoxy) is 24. The molecule has 0 spiro atoms. The summed E-state index contributed by atoms with van der Waals surface area (Å²) < 4.78 is 139. The van der Waals surface area contributed by atoms with E-state index in [9.17, 15) is 0 Å². The molecule has 524 valence electrons. The minimum absolute atomic E-state index is 0.141. The summed E-state index contributed by atoms with van der Waals surface area (Å²) >= 11 is 0.961. The Bertz CT molecular complexity index is 1670. The van der Waals surface area contributed by atoms with Gasteiger partial charge in [0, 0.05) is 30.6 Å². The molecule has 0 fully saturated rings. The van der Waals surface area contributed by atoms with E-state index in [2.05, 4.69) is 46.9 Å². The molecule has 1 aromatic rings. The van der Waals surface area contributed by atoms with Crippen molar-refractivity contribution in [1.82, 2.24) is 0 Å². The van der Waals surface area contributed by atoms with E-state index in [0.29, 0.717) is 311 Å². The van der Waals surface area contributed by atoms with Crippen LogP contribution in [-0.2, 0) is 128 Å². The van der Waals surface area contributed by atoms with E-state index in [0.717, 1.165) is 29.2 Å². The van der Waals surface area contributed by atoms with Crippen LogP contribution in [0.15, 0.2) is 23.1 Å². The van der Waals surface area contributed by atoms with E-state index in [4.69, 9.17) is 119 Å². The van der Waals surface area contributed by atoms with Gasteiger partial charge in [0.1, 0.15) is 6.61 Å². The van der Waals surface area contributed by atoms with Gasteiger partial charge in [-0.3, -0.25) is 0 Å². The third-order valence-corrected chi connectivity index (χ3v) is 13.1. The van der Waals surface area contributed by atoms with Crippen molar-refractivity contribution in [2.75, 3.05) is 324 Å². The van der Waals surface area contributed by atoms with Crippen molar-refractivity contribution in [3.05, 3.63) is 23.8 Å². The number of nitrogens with zero attached hydrogens (tertiary/aromatic N) is 1. The molecule has 0 unspecified atom stereocenters. The Hall–Kier alpha value is -1.84. The second-order valence-corrected chi connectivity index (χ2v) is 20.1. The van der Waals surface area contributed by atoms with E-state index in [1.165, 1.54) is 11.3 Å². The van der Waals surface area contributed by atoms with Crippen molar-refractivity contribution in [3.63, 3.8) is 0 Å². The van der Waals surface area contributed by atoms with Crippen LogP contribution in [0.4, 0.5) is 5.69 Å². The van der Waals surface area contributed by atoms with Gasteiger partial charge in [0.05, 0.1) is 321 Å². The standard InChI is InChI=1S/C60H111NO27S/c1-56-60(2,3)58-55-57(89-88-87-62)5-6-59(58)61(56)7-8-64-11-12-66-15-16-68-19-20-70-23-24-72-27-28-74-31-32-76-35-36-78-39-40-80-43-44-82-47-48-84-51-52-86-54-53-85-50-49-83-46-45-81-42-41-79-38-37-77-34-33-75-30-29-73-26-25-71-22-21-69-18-17-67-14-13-65-10-9-63-4/h5-6,55H,7-54H2,1-4H3/p+1. The molecule has 0 radical (unpaired) electrons. The molecular formula is C60H112NO27S+. The van der Waals surface area contributed by atoms with Crippen molar-refractivity contribution in [1.29, 1.82) is 0 Å². The first-order valence-electron chi connectivity index (χ1n) is 31.2. The van der Waals surface area contributed by atoms with Crippen molar-refractivity contribution >= 4 is 23.4 Å². The molecule has 1 aliphatic heterocycles. The summed E-state index contributed by atoms with van der Waals surface area (Å²) in [6.07, 6.45) is 0. The molecule has 29 heteroatoms. The quantitative estimate of drug-likeness (QED) is 0.0321. The van der Waals surface area contributed by atoms with Gasteiger partial charge in [-0.15, -0.1) is 4.33 Å². The minimum Gasteiger partial charge on any atom is -0.382 e. The number of hydrogen-bond donors (Lipinski definition) is 1. The maximum Gasteiger partial charge on any atom is 0.209 e. The fourth-order valence-corrected chi connectivity index (χ4v) is 8.00.